The van der Waals surface area contributed by atoms with E-state index in [9.17, 15) is 9.59 Å². The molecule has 0 aliphatic carbocycles. The molecule has 0 bridgehead atoms. The summed E-state index contributed by atoms with van der Waals surface area (Å²) in [6.07, 6.45) is 5.37. The van der Waals surface area contributed by atoms with Gasteiger partial charge in [-0.15, -0.1) is 0 Å². The van der Waals surface area contributed by atoms with Crippen LogP contribution in [0.15, 0.2) is 79.0 Å². The van der Waals surface area contributed by atoms with E-state index in [0.29, 0.717) is 42.5 Å². The molecule has 1 aliphatic rings. The van der Waals surface area contributed by atoms with Crippen LogP contribution in [0.1, 0.15) is 40.9 Å². The summed E-state index contributed by atoms with van der Waals surface area (Å²) in [5.41, 5.74) is 10.2. The van der Waals surface area contributed by atoms with Crippen molar-refractivity contribution < 1.29 is 9.59 Å². The van der Waals surface area contributed by atoms with Gasteiger partial charge in [-0.05, 0) is 61.3 Å². The molecule has 3 amide bonds. The van der Waals surface area contributed by atoms with Crippen molar-refractivity contribution in [2.45, 2.75) is 32.4 Å². The number of hydrogen-bond donors (Lipinski definition) is 4. The van der Waals surface area contributed by atoms with Crippen LogP contribution in [0.25, 0.3) is 11.3 Å². The lowest BCUT2D eigenvalue weighted by Gasteiger charge is -2.26. The van der Waals surface area contributed by atoms with E-state index in [1.165, 1.54) is 19.3 Å². The molecule has 212 valence electrons. The summed E-state index contributed by atoms with van der Waals surface area (Å²) in [4.78, 5) is 32.0. The van der Waals surface area contributed by atoms with Crippen LogP contribution in [0.4, 0.5) is 16.3 Å². The lowest BCUT2D eigenvalue weighted by atomic mass is 10.1. The number of aromatic nitrogens is 3. The fourth-order valence-electron chi connectivity index (χ4n) is 4.84. The van der Waals surface area contributed by atoms with Gasteiger partial charge in [0.25, 0.3) is 5.91 Å². The zero-order valence-corrected chi connectivity index (χ0v) is 23.1. The van der Waals surface area contributed by atoms with Crippen LogP contribution in [0, 0.1) is 0 Å². The predicted molar refractivity (Wildman–Crippen MR) is 160 cm³/mol. The predicted octanol–water partition coefficient (Wildman–Crippen LogP) is 4.11. The van der Waals surface area contributed by atoms with E-state index in [1.54, 1.807) is 16.9 Å². The monoisotopic (exact) mass is 552 g/mol. The fraction of sp³-hybridized carbons (Fsp3) is 0.290. The fourth-order valence-corrected chi connectivity index (χ4v) is 4.84. The zero-order chi connectivity index (χ0) is 28.4. The number of pyridine rings is 1. The number of rotatable bonds is 10. The standard InChI is InChI=1S/C31H36N8O2/c32-29-14-9-24(20-34-29)21-35-31(41)36-26-12-10-25(11-13-26)27-19-28(39(37-27)22-23-7-3-1-4-8-23)30(40)33-15-18-38-16-5-2-6-17-38/h1,3-4,7-14,19-20H,2,5-6,15-18,21-22H2,(H2,32,34)(H,33,40)(H2,35,36,41). The maximum Gasteiger partial charge on any atom is 0.319 e. The Kier molecular flexibility index (Phi) is 9.23. The molecule has 5 N–H and O–H groups in total. The van der Waals surface area contributed by atoms with Crippen molar-refractivity contribution in [3.8, 4) is 11.3 Å². The first kappa shape index (κ1) is 27.9. The molecule has 2 aromatic carbocycles. The number of benzene rings is 2. The topological polar surface area (TPSA) is 130 Å². The molecular weight excluding hydrogens is 516 g/mol. The minimum absolute atomic E-state index is 0.136. The Labute approximate surface area is 240 Å². The highest BCUT2D eigenvalue weighted by molar-refractivity contribution is 5.94. The molecule has 1 aliphatic heterocycles. The van der Waals surface area contributed by atoms with Crippen LogP contribution in [0.2, 0.25) is 0 Å². The van der Waals surface area contributed by atoms with Crippen LogP contribution in [-0.2, 0) is 13.1 Å². The summed E-state index contributed by atoms with van der Waals surface area (Å²) in [7, 11) is 0. The Morgan fingerprint density at radius 3 is 2.39 bits per heavy atom. The number of nitrogens with one attached hydrogen (secondary N) is 3. The second kappa shape index (κ2) is 13.6. The smallest absolute Gasteiger partial charge is 0.319 e. The Balaban J connectivity index is 1.24. The van der Waals surface area contributed by atoms with Crippen LogP contribution in [-0.4, -0.2) is 57.8 Å². The van der Waals surface area contributed by atoms with E-state index in [1.807, 2.05) is 66.7 Å². The molecule has 0 atom stereocenters. The molecule has 0 saturated carbocycles. The molecule has 2 aromatic heterocycles. The average Bonchev–Trinajstić information content (AvgIpc) is 3.42. The van der Waals surface area contributed by atoms with E-state index < -0.39 is 0 Å². The first-order valence-corrected chi connectivity index (χ1v) is 14.0. The second-order valence-electron chi connectivity index (χ2n) is 10.2. The highest BCUT2D eigenvalue weighted by Gasteiger charge is 2.18. The molecule has 10 nitrogen and oxygen atoms in total. The van der Waals surface area contributed by atoms with Crippen LogP contribution >= 0.6 is 0 Å². The van der Waals surface area contributed by atoms with Crippen molar-refractivity contribution >= 4 is 23.4 Å². The van der Waals surface area contributed by atoms with Gasteiger partial charge in [-0.25, -0.2) is 9.78 Å². The third-order valence-electron chi connectivity index (χ3n) is 7.09. The second-order valence-corrected chi connectivity index (χ2v) is 10.2. The Bertz CT molecular complexity index is 1430. The number of nitrogens with zero attached hydrogens (tertiary/aromatic N) is 4. The molecule has 41 heavy (non-hydrogen) atoms. The van der Waals surface area contributed by atoms with E-state index in [4.69, 9.17) is 10.8 Å². The summed E-state index contributed by atoms with van der Waals surface area (Å²) < 4.78 is 1.76. The summed E-state index contributed by atoms with van der Waals surface area (Å²) >= 11 is 0. The molecular formula is C31H36N8O2. The first-order valence-electron chi connectivity index (χ1n) is 14.0. The van der Waals surface area contributed by atoms with Crippen molar-refractivity contribution in [3.63, 3.8) is 0 Å². The SMILES string of the molecule is Nc1ccc(CNC(=O)Nc2ccc(-c3cc(C(=O)NCCN4CCCCC4)n(Cc4ccccc4)n3)cc2)cn1. The minimum Gasteiger partial charge on any atom is -0.384 e. The molecule has 1 fully saturated rings. The van der Waals surface area contributed by atoms with Gasteiger partial charge in [0.05, 0.1) is 12.2 Å². The van der Waals surface area contributed by atoms with E-state index >= 15 is 0 Å². The number of nitrogens with two attached hydrogens (primary N) is 1. The number of amides is 3. The zero-order valence-electron chi connectivity index (χ0n) is 23.1. The summed E-state index contributed by atoms with van der Waals surface area (Å²) in [5, 5.41) is 13.5. The highest BCUT2D eigenvalue weighted by atomic mass is 16.2. The van der Waals surface area contributed by atoms with Gasteiger partial charge in [-0.1, -0.05) is 55.0 Å². The van der Waals surface area contributed by atoms with E-state index in [2.05, 4.69) is 25.8 Å². The van der Waals surface area contributed by atoms with Gasteiger partial charge >= 0.3 is 6.03 Å². The van der Waals surface area contributed by atoms with Crippen LogP contribution < -0.4 is 21.7 Å². The lowest BCUT2D eigenvalue weighted by molar-refractivity contribution is 0.0936. The number of nitrogen functional groups attached to an aromatic ring is 1. The van der Waals surface area contributed by atoms with Gasteiger partial charge in [0, 0.05) is 37.1 Å². The van der Waals surface area contributed by atoms with Gasteiger partial charge in [-0.2, -0.15) is 5.10 Å². The molecule has 5 rings (SSSR count). The molecule has 1 saturated heterocycles. The van der Waals surface area contributed by atoms with E-state index in [0.717, 1.165) is 36.3 Å². The molecule has 0 spiro atoms. The van der Waals surface area contributed by atoms with E-state index in [-0.39, 0.29) is 11.9 Å². The minimum atomic E-state index is -0.328. The number of urea groups is 1. The number of piperidine rings is 1. The Morgan fingerprint density at radius 2 is 1.66 bits per heavy atom. The maximum absolute atomic E-state index is 13.2. The normalized spacial score (nSPS) is 13.5. The Hall–Kier alpha value is -4.70. The van der Waals surface area contributed by atoms with Crippen molar-refractivity contribution in [1.29, 1.82) is 0 Å². The van der Waals surface area contributed by atoms with Gasteiger partial charge in [0.15, 0.2) is 0 Å². The third kappa shape index (κ3) is 7.92. The van der Waals surface area contributed by atoms with Gasteiger partial charge in [0.1, 0.15) is 11.5 Å². The quantitative estimate of drug-likeness (QED) is 0.234. The van der Waals surface area contributed by atoms with Gasteiger partial charge in [-0.3, -0.25) is 9.48 Å². The van der Waals surface area contributed by atoms with Crippen molar-refractivity contribution in [2.75, 3.05) is 37.2 Å². The molecule has 0 unspecified atom stereocenters. The summed E-state index contributed by atoms with van der Waals surface area (Å²) in [6, 6.07) is 22.4. The van der Waals surface area contributed by atoms with Crippen LogP contribution in [0.5, 0.6) is 0 Å². The summed E-state index contributed by atoms with van der Waals surface area (Å²) in [5.74, 6) is 0.298. The highest BCUT2D eigenvalue weighted by Crippen LogP contribution is 2.22. The summed E-state index contributed by atoms with van der Waals surface area (Å²) in [6.45, 7) is 4.46. The average molecular weight is 553 g/mol. The molecule has 3 heterocycles. The van der Waals surface area contributed by atoms with Crippen molar-refractivity contribution in [1.82, 2.24) is 30.3 Å². The third-order valence-corrected chi connectivity index (χ3v) is 7.09. The largest absolute Gasteiger partial charge is 0.384 e. The molecule has 0 radical (unpaired) electrons. The van der Waals surface area contributed by atoms with Crippen LogP contribution in [0.3, 0.4) is 0 Å². The molecule has 4 aromatic rings. The number of hydrogen-bond acceptors (Lipinski definition) is 6. The first-order chi connectivity index (χ1) is 20.0. The van der Waals surface area contributed by atoms with Gasteiger partial charge in [0.2, 0.25) is 0 Å². The lowest BCUT2D eigenvalue weighted by Crippen LogP contribution is -2.38. The number of likely N-dealkylation sites (tertiary alicyclic amines) is 1. The number of carbonyl (C=O) groups is 2. The Morgan fingerprint density at radius 1 is 0.878 bits per heavy atom. The number of carbonyl (C=O) groups excluding carboxylic acids is 2. The van der Waals surface area contributed by atoms with Crippen molar-refractivity contribution in [3.05, 3.63) is 95.8 Å². The molecule has 10 heteroatoms. The number of anilines is 2. The van der Waals surface area contributed by atoms with Crippen molar-refractivity contribution in [2.24, 2.45) is 0 Å². The maximum atomic E-state index is 13.2. The van der Waals surface area contributed by atoms with Gasteiger partial charge < -0.3 is 26.6 Å².